The monoisotopic (exact) mass is 271 g/mol. The molecule has 0 saturated carbocycles. The molecule has 3 heteroatoms. The molecule has 0 atom stereocenters. The summed E-state index contributed by atoms with van der Waals surface area (Å²) in [5, 5.41) is 4.97. The summed E-state index contributed by atoms with van der Waals surface area (Å²) in [6.45, 7) is 4.17. The van der Waals surface area contributed by atoms with E-state index in [-0.39, 0.29) is 11.9 Å². The van der Waals surface area contributed by atoms with Crippen LogP contribution < -0.4 is 10.1 Å². The maximum atomic E-state index is 12.4. The molecule has 0 aromatic heterocycles. The van der Waals surface area contributed by atoms with Crippen LogP contribution in [0.1, 0.15) is 37.0 Å². The van der Waals surface area contributed by atoms with E-state index in [1.165, 1.54) is 0 Å². The van der Waals surface area contributed by atoms with Crippen LogP contribution in [0.3, 0.4) is 0 Å². The van der Waals surface area contributed by atoms with Crippen molar-refractivity contribution in [1.82, 2.24) is 5.32 Å². The third-order valence-corrected chi connectivity index (χ3v) is 3.67. The van der Waals surface area contributed by atoms with Gasteiger partial charge in [0, 0.05) is 17.0 Å². The first kappa shape index (κ1) is 14.4. The van der Waals surface area contributed by atoms with Gasteiger partial charge < -0.3 is 10.1 Å². The summed E-state index contributed by atoms with van der Waals surface area (Å²) in [5.74, 6) is 0.775. The molecule has 0 aliphatic heterocycles. The summed E-state index contributed by atoms with van der Waals surface area (Å²) in [6, 6.07) is 11.7. The molecule has 2 rings (SSSR count). The third-order valence-electron chi connectivity index (χ3n) is 3.67. The molecule has 0 aliphatic rings. The summed E-state index contributed by atoms with van der Waals surface area (Å²) >= 11 is 0. The van der Waals surface area contributed by atoms with Crippen molar-refractivity contribution in [3.05, 3.63) is 42.0 Å². The molecule has 0 saturated heterocycles. The van der Waals surface area contributed by atoms with Crippen LogP contribution in [0.5, 0.6) is 5.75 Å². The van der Waals surface area contributed by atoms with E-state index < -0.39 is 0 Å². The fourth-order valence-corrected chi connectivity index (χ4v) is 2.40. The number of rotatable bonds is 5. The molecular formula is C17H21NO2. The van der Waals surface area contributed by atoms with E-state index >= 15 is 0 Å². The summed E-state index contributed by atoms with van der Waals surface area (Å²) in [5.41, 5.74) is 0.702. The smallest absolute Gasteiger partial charge is 0.252 e. The summed E-state index contributed by atoms with van der Waals surface area (Å²) < 4.78 is 5.35. The van der Waals surface area contributed by atoms with Crippen molar-refractivity contribution in [2.75, 3.05) is 7.11 Å². The molecule has 0 fully saturated rings. The largest absolute Gasteiger partial charge is 0.496 e. The Morgan fingerprint density at radius 2 is 1.75 bits per heavy atom. The van der Waals surface area contributed by atoms with E-state index in [4.69, 9.17) is 4.74 Å². The van der Waals surface area contributed by atoms with Gasteiger partial charge in [-0.15, -0.1) is 0 Å². The molecule has 2 aromatic rings. The van der Waals surface area contributed by atoms with Gasteiger partial charge in [-0.25, -0.2) is 0 Å². The van der Waals surface area contributed by atoms with Crippen molar-refractivity contribution >= 4 is 16.7 Å². The molecule has 2 aromatic carbocycles. The highest BCUT2D eigenvalue weighted by molar-refractivity contribution is 6.08. The molecule has 0 aliphatic carbocycles. The minimum Gasteiger partial charge on any atom is -0.496 e. The molecule has 1 amide bonds. The Morgan fingerprint density at radius 3 is 2.35 bits per heavy atom. The van der Waals surface area contributed by atoms with Crippen LogP contribution in [0.15, 0.2) is 36.4 Å². The molecule has 106 valence electrons. The van der Waals surface area contributed by atoms with Crippen LogP contribution >= 0.6 is 0 Å². The zero-order valence-electron chi connectivity index (χ0n) is 12.3. The van der Waals surface area contributed by atoms with Crippen LogP contribution in [0, 0.1) is 0 Å². The molecule has 0 bridgehead atoms. The second-order valence-electron chi connectivity index (χ2n) is 4.85. The fourth-order valence-electron chi connectivity index (χ4n) is 2.40. The first-order valence-corrected chi connectivity index (χ1v) is 7.07. The Morgan fingerprint density at radius 1 is 1.10 bits per heavy atom. The first-order valence-electron chi connectivity index (χ1n) is 7.07. The standard InChI is InChI=1S/C17H21NO2/c1-4-12(5-2)18-17(19)15-10-11-16(20-3)14-9-7-6-8-13(14)15/h6-12H,4-5H2,1-3H3,(H,18,19). The molecule has 3 nitrogen and oxygen atoms in total. The summed E-state index contributed by atoms with van der Waals surface area (Å²) in [4.78, 5) is 12.4. The number of hydrogen-bond donors (Lipinski definition) is 1. The summed E-state index contributed by atoms with van der Waals surface area (Å²) in [7, 11) is 1.64. The van der Waals surface area contributed by atoms with Crippen molar-refractivity contribution in [2.24, 2.45) is 0 Å². The van der Waals surface area contributed by atoms with Crippen molar-refractivity contribution in [3.8, 4) is 5.75 Å². The molecular weight excluding hydrogens is 250 g/mol. The number of carbonyl (C=O) groups excluding carboxylic acids is 1. The zero-order valence-corrected chi connectivity index (χ0v) is 12.3. The molecule has 0 spiro atoms. The van der Waals surface area contributed by atoms with Crippen LogP contribution in [0.2, 0.25) is 0 Å². The van der Waals surface area contributed by atoms with Crippen LogP contribution in [0.25, 0.3) is 10.8 Å². The van der Waals surface area contributed by atoms with Crippen molar-refractivity contribution in [2.45, 2.75) is 32.7 Å². The molecule has 0 unspecified atom stereocenters. The van der Waals surface area contributed by atoms with Gasteiger partial charge in [0.2, 0.25) is 0 Å². The maximum Gasteiger partial charge on any atom is 0.252 e. The van der Waals surface area contributed by atoms with Crippen molar-refractivity contribution in [3.63, 3.8) is 0 Å². The minimum absolute atomic E-state index is 0.0162. The second kappa shape index (κ2) is 6.42. The highest BCUT2D eigenvalue weighted by atomic mass is 16.5. The van der Waals surface area contributed by atoms with Gasteiger partial charge in [0.1, 0.15) is 5.75 Å². The van der Waals surface area contributed by atoms with Crippen LogP contribution in [-0.2, 0) is 0 Å². The Bertz CT molecular complexity index is 603. The van der Waals surface area contributed by atoms with Gasteiger partial charge in [0.25, 0.3) is 5.91 Å². The highest BCUT2D eigenvalue weighted by Crippen LogP contribution is 2.28. The number of methoxy groups -OCH3 is 1. The predicted octanol–water partition coefficient (Wildman–Crippen LogP) is 3.77. The average molecular weight is 271 g/mol. The van der Waals surface area contributed by atoms with Crippen LogP contribution in [0.4, 0.5) is 0 Å². The third kappa shape index (κ3) is 2.77. The fraction of sp³-hybridized carbons (Fsp3) is 0.353. The summed E-state index contributed by atoms with van der Waals surface area (Å²) in [6.07, 6.45) is 1.88. The number of benzene rings is 2. The average Bonchev–Trinajstić information content (AvgIpc) is 2.51. The topological polar surface area (TPSA) is 38.3 Å². The van der Waals surface area contributed by atoms with E-state index in [0.29, 0.717) is 5.56 Å². The predicted molar refractivity (Wildman–Crippen MR) is 82.3 cm³/mol. The van der Waals surface area contributed by atoms with Gasteiger partial charge in [-0.2, -0.15) is 0 Å². The van der Waals surface area contributed by atoms with Gasteiger partial charge in [0.05, 0.1) is 7.11 Å². The van der Waals surface area contributed by atoms with Gasteiger partial charge in [-0.3, -0.25) is 4.79 Å². The Hall–Kier alpha value is -2.03. The lowest BCUT2D eigenvalue weighted by Crippen LogP contribution is -2.33. The number of amides is 1. The Kier molecular flexibility index (Phi) is 4.61. The molecule has 20 heavy (non-hydrogen) atoms. The first-order chi connectivity index (χ1) is 9.71. The highest BCUT2D eigenvalue weighted by Gasteiger charge is 2.14. The van der Waals surface area contributed by atoms with E-state index in [0.717, 1.165) is 29.4 Å². The second-order valence-corrected chi connectivity index (χ2v) is 4.85. The molecule has 0 heterocycles. The normalized spacial score (nSPS) is 10.8. The SMILES string of the molecule is CCC(CC)NC(=O)c1ccc(OC)c2ccccc12. The van der Waals surface area contributed by atoms with Gasteiger partial charge in [0.15, 0.2) is 0 Å². The Balaban J connectivity index is 2.42. The maximum absolute atomic E-state index is 12.4. The van der Waals surface area contributed by atoms with Gasteiger partial charge >= 0.3 is 0 Å². The number of hydrogen-bond acceptors (Lipinski definition) is 2. The molecule has 1 N–H and O–H groups in total. The van der Waals surface area contributed by atoms with Crippen molar-refractivity contribution in [1.29, 1.82) is 0 Å². The van der Waals surface area contributed by atoms with E-state index in [1.807, 2.05) is 36.4 Å². The van der Waals surface area contributed by atoms with Gasteiger partial charge in [-0.1, -0.05) is 38.1 Å². The van der Waals surface area contributed by atoms with Crippen LogP contribution in [-0.4, -0.2) is 19.1 Å². The minimum atomic E-state index is -0.0162. The van der Waals surface area contributed by atoms with E-state index in [9.17, 15) is 4.79 Å². The van der Waals surface area contributed by atoms with E-state index in [2.05, 4.69) is 19.2 Å². The van der Waals surface area contributed by atoms with Crippen molar-refractivity contribution < 1.29 is 9.53 Å². The van der Waals surface area contributed by atoms with Gasteiger partial charge in [-0.05, 0) is 30.4 Å². The number of carbonyl (C=O) groups is 1. The number of fused-ring (bicyclic) bond motifs is 1. The molecule has 0 radical (unpaired) electrons. The Labute approximate surface area is 119 Å². The zero-order chi connectivity index (χ0) is 14.5. The lowest BCUT2D eigenvalue weighted by molar-refractivity contribution is 0.0936. The quantitative estimate of drug-likeness (QED) is 0.899. The number of nitrogens with one attached hydrogen (secondary N) is 1. The number of ether oxygens (including phenoxy) is 1. The lowest BCUT2D eigenvalue weighted by atomic mass is 10.0. The lowest BCUT2D eigenvalue weighted by Gasteiger charge is -2.16. The van der Waals surface area contributed by atoms with E-state index in [1.54, 1.807) is 7.11 Å².